The molecule has 0 spiro atoms. The summed E-state index contributed by atoms with van der Waals surface area (Å²) < 4.78 is 10.9. The molecule has 0 bridgehead atoms. The van der Waals surface area contributed by atoms with Gasteiger partial charge in [0.15, 0.2) is 0 Å². The minimum Gasteiger partial charge on any atom is -0.489 e. The zero-order valence-corrected chi connectivity index (χ0v) is 11.3. The van der Waals surface area contributed by atoms with E-state index in [1.807, 2.05) is 0 Å². The van der Waals surface area contributed by atoms with Crippen molar-refractivity contribution in [3.05, 3.63) is 61.2 Å². The van der Waals surface area contributed by atoms with Crippen LogP contribution < -0.4 is 9.47 Å². The van der Waals surface area contributed by atoms with Gasteiger partial charge in [-0.25, -0.2) is 4.79 Å². The Morgan fingerprint density at radius 3 is 2.30 bits per heavy atom. The summed E-state index contributed by atoms with van der Waals surface area (Å²) in [4.78, 5) is 11.4. The normalized spacial score (nSPS) is 9.60. The first-order valence-electron chi connectivity index (χ1n) is 6.12. The van der Waals surface area contributed by atoms with E-state index in [-0.39, 0.29) is 12.2 Å². The van der Waals surface area contributed by atoms with Gasteiger partial charge in [0.1, 0.15) is 24.7 Å². The van der Waals surface area contributed by atoms with Crippen LogP contribution in [0.2, 0.25) is 0 Å². The molecule has 0 fully saturated rings. The lowest BCUT2D eigenvalue weighted by molar-refractivity contribution is 0.0694. The highest BCUT2D eigenvalue weighted by molar-refractivity contribution is 5.91. The van der Waals surface area contributed by atoms with Crippen molar-refractivity contribution in [3.63, 3.8) is 0 Å². The largest absolute Gasteiger partial charge is 0.489 e. The van der Waals surface area contributed by atoms with Crippen molar-refractivity contribution in [2.45, 2.75) is 6.42 Å². The molecule has 1 rings (SSSR count). The van der Waals surface area contributed by atoms with Crippen molar-refractivity contribution >= 4 is 5.97 Å². The van der Waals surface area contributed by atoms with E-state index in [0.29, 0.717) is 30.1 Å². The van der Waals surface area contributed by atoms with Crippen molar-refractivity contribution in [3.8, 4) is 11.5 Å². The molecular formula is C16H18O4. The van der Waals surface area contributed by atoms with Crippen LogP contribution in [0.5, 0.6) is 11.5 Å². The van der Waals surface area contributed by atoms with Gasteiger partial charge in [-0.3, -0.25) is 0 Å². The van der Waals surface area contributed by atoms with Gasteiger partial charge in [-0.05, 0) is 12.5 Å². The molecule has 1 aromatic carbocycles. The van der Waals surface area contributed by atoms with Crippen LogP contribution in [0, 0.1) is 0 Å². The summed E-state index contributed by atoms with van der Waals surface area (Å²) in [7, 11) is 0. The van der Waals surface area contributed by atoms with Crippen molar-refractivity contribution in [1.29, 1.82) is 0 Å². The third-order valence-electron chi connectivity index (χ3n) is 2.49. The Labute approximate surface area is 118 Å². The second-order valence-electron chi connectivity index (χ2n) is 3.94. The van der Waals surface area contributed by atoms with Crippen molar-refractivity contribution in [1.82, 2.24) is 0 Å². The summed E-state index contributed by atoms with van der Waals surface area (Å²) in [5.41, 5.74) is 0.714. The zero-order chi connectivity index (χ0) is 15.0. The Balaban J connectivity index is 3.28. The molecule has 1 N–H and O–H groups in total. The molecule has 1 aromatic rings. The second-order valence-corrected chi connectivity index (χ2v) is 3.94. The van der Waals surface area contributed by atoms with E-state index in [9.17, 15) is 9.90 Å². The molecule has 4 heteroatoms. The average Bonchev–Trinajstić information content (AvgIpc) is 2.44. The monoisotopic (exact) mass is 274 g/mol. The molecule has 0 aliphatic heterocycles. The van der Waals surface area contributed by atoms with E-state index >= 15 is 0 Å². The topological polar surface area (TPSA) is 55.8 Å². The SMILES string of the molecule is C=CCOc1cc(OCC=C)c(CC=C)c(C(=O)O)c1. The summed E-state index contributed by atoms with van der Waals surface area (Å²) in [5, 5.41) is 9.31. The number of allylic oxidation sites excluding steroid dienone is 1. The van der Waals surface area contributed by atoms with E-state index in [2.05, 4.69) is 19.7 Å². The summed E-state index contributed by atoms with van der Waals surface area (Å²) in [6.07, 6.45) is 5.21. The van der Waals surface area contributed by atoms with E-state index in [0.717, 1.165) is 0 Å². The minimum absolute atomic E-state index is 0.144. The molecule has 20 heavy (non-hydrogen) atoms. The maximum Gasteiger partial charge on any atom is 0.336 e. The lowest BCUT2D eigenvalue weighted by Crippen LogP contribution is -2.07. The van der Waals surface area contributed by atoms with Crippen LogP contribution >= 0.6 is 0 Å². The van der Waals surface area contributed by atoms with E-state index in [1.165, 1.54) is 6.07 Å². The zero-order valence-electron chi connectivity index (χ0n) is 11.3. The Kier molecular flexibility index (Phi) is 6.10. The van der Waals surface area contributed by atoms with Gasteiger partial charge in [0.05, 0.1) is 5.56 Å². The van der Waals surface area contributed by atoms with Gasteiger partial charge < -0.3 is 14.6 Å². The van der Waals surface area contributed by atoms with Gasteiger partial charge in [-0.15, -0.1) is 6.58 Å². The molecule has 0 saturated carbocycles. The average molecular weight is 274 g/mol. The molecular weight excluding hydrogens is 256 g/mol. The molecule has 0 radical (unpaired) electrons. The lowest BCUT2D eigenvalue weighted by Gasteiger charge is -2.14. The fourth-order valence-corrected chi connectivity index (χ4v) is 1.68. The molecule has 0 saturated heterocycles. The molecule has 4 nitrogen and oxygen atoms in total. The van der Waals surface area contributed by atoms with Gasteiger partial charge in [0.25, 0.3) is 0 Å². The van der Waals surface area contributed by atoms with Crippen LogP contribution in [0.3, 0.4) is 0 Å². The summed E-state index contributed by atoms with van der Waals surface area (Å²) in [6.45, 7) is 11.3. The first kappa shape index (κ1) is 15.6. The fourth-order valence-electron chi connectivity index (χ4n) is 1.68. The Hall–Kier alpha value is -2.49. The first-order chi connectivity index (χ1) is 9.63. The number of carboxylic acid groups (broad SMARTS) is 1. The molecule has 0 aromatic heterocycles. The maximum atomic E-state index is 11.4. The molecule has 0 aliphatic rings. The quantitative estimate of drug-likeness (QED) is 0.702. The number of carboxylic acids is 1. The van der Waals surface area contributed by atoms with E-state index in [4.69, 9.17) is 9.47 Å². The number of benzene rings is 1. The molecule has 0 amide bonds. The van der Waals surface area contributed by atoms with Crippen molar-refractivity contribution in [2.75, 3.05) is 13.2 Å². The molecule has 0 atom stereocenters. The predicted molar refractivity (Wildman–Crippen MR) is 78.7 cm³/mol. The first-order valence-corrected chi connectivity index (χ1v) is 6.12. The van der Waals surface area contributed by atoms with Crippen LogP contribution in [-0.4, -0.2) is 24.3 Å². The third kappa shape index (κ3) is 4.02. The molecule has 0 unspecified atom stereocenters. The lowest BCUT2D eigenvalue weighted by atomic mass is 10.0. The predicted octanol–water partition coefficient (Wildman–Crippen LogP) is 3.24. The fraction of sp³-hybridized carbons (Fsp3) is 0.188. The van der Waals surface area contributed by atoms with Crippen molar-refractivity contribution in [2.24, 2.45) is 0 Å². The van der Waals surface area contributed by atoms with Crippen molar-refractivity contribution < 1.29 is 19.4 Å². The number of aromatic carboxylic acids is 1. The Bertz CT molecular complexity index is 517. The molecule has 0 heterocycles. The van der Waals surface area contributed by atoms with Crippen LogP contribution in [0.15, 0.2) is 50.1 Å². The highest BCUT2D eigenvalue weighted by atomic mass is 16.5. The Morgan fingerprint density at radius 1 is 1.10 bits per heavy atom. The Morgan fingerprint density at radius 2 is 1.75 bits per heavy atom. The van der Waals surface area contributed by atoms with Gasteiger partial charge in [-0.1, -0.05) is 31.4 Å². The van der Waals surface area contributed by atoms with Crippen LogP contribution in [0.4, 0.5) is 0 Å². The number of hydrogen-bond acceptors (Lipinski definition) is 3. The standard InChI is InChI=1S/C16H18O4/c1-4-7-13-14(16(17)18)10-12(19-8-5-2)11-15(13)20-9-6-3/h4-6,10-11H,1-3,7-9H2,(H,17,18). The van der Waals surface area contributed by atoms with Crippen LogP contribution in [0.25, 0.3) is 0 Å². The highest BCUT2D eigenvalue weighted by Crippen LogP contribution is 2.30. The summed E-state index contributed by atoms with van der Waals surface area (Å²) in [5.74, 6) is -0.146. The highest BCUT2D eigenvalue weighted by Gasteiger charge is 2.17. The smallest absolute Gasteiger partial charge is 0.336 e. The third-order valence-corrected chi connectivity index (χ3v) is 2.49. The second kappa shape index (κ2) is 7.84. The summed E-state index contributed by atoms with van der Waals surface area (Å²) >= 11 is 0. The van der Waals surface area contributed by atoms with Gasteiger partial charge in [0.2, 0.25) is 0 Å². The minimum atomic E-state index is -1.03. The van der Waals surface area contributed by atoms with Crippen LogP contribution in [-0.2, 0) is 6.42 Å². The van der Waals surface area contributed by atoms with Crippen LogP contribution in [0.1, 0.15) is 15.9 Å². The van der Waals surface area contributed by atoms with Gasteiger partial charge in [-0.2, -0.15) is 0 Å². The molecule has 106 valence electrons. The number of ether oxygens (including phenoxy) is 2. The molecule has 0 aliphatic carbocycles. The number of carbonyl (C=O) groups is 1. The number of rotatable bonds is 9. The van der Waals surface area contributed by atoms with Gasteiger partial charge >= 0.3 is 5.97 Å². The van der Waals surface area contributed by atoms with E-state index in [1.54, 1.807) is 24.3 Å². The summed E-state index contributed by atoms with van der Waals surface area (Å²) in [6, 6.07) is 3.14. The van der Waals surface area contributed by atoms with E-state index < -0.39 is 5.97 Å². The number of hydrogen-bond donors (Lipinski definition) is 1. The maximum absolute atomic E-state index is 11.4. The van der Waals surface area contributed by atoms with Gasteiger partial charge in [0, 0.05) is 11.6 Å².